The largest absolute Gasteiger partial charge is 0.324 e. The van der Waals surface area contributed by atoms with E-state index in [9.17, 15) is 4.79 Å². The molecule has 0 aliphatic carbocycles. The van der Waals surface area contributed by atoms with Gasteiger partial charge in [0.1, 0.15) is 0 Å². The van der Waals surface area contributed by atoms with E-state index in [1.54, 1.807) is 30.4 Å². The maximum Gasteiger partial charge on any atom is 0.237 e. The molecule has 2 N–H and O–H groups in total. The third-order valence-corrected chi connectivity index (χ3v) is 5.17. The van der Waals surface area contributed by atoms with Crippen molar-refractivity contribution in [2.24, 2.45) is 0 Å². The number of benzene rings is 1. The number of hydrogen-bond donors (Lipinski definition) is 2. The minimum atomic E-state index is -0.349. The molecular formula is C15H13ClN4OS2. The molecule has 0 unspecified atom stereocenters. The topological polar surface area (TPSA) is 70.7 Å². The number of halogens is 1. The van der Waals surface area contributed by atoms with E-state index in [4.69, 9.17) is 11.6 Å². The molecule has 8 heteroatoms. The van der Waals surface area contributed by atoms with E-state index in [0.29, 0.717) is 21.7 Å². The SMILES string of the molecule is C[C@H](Sc1n[nH]c(-c2cccs2)n1)C(=O)Nc1ccccc1Cl. The van der Waals surface area contributed by atoms with Crippen LogP contribution >= 0.6 is 34.7 Å². The van der Waals surface area contributed by atoms with Crippen LogP contribution in [0.1, 0.15) is 6.92 Å². The Labute approximate surface area is 146 Å². The molecule has 1 amide bonds. The van der Waals surface area contributed by atoms with Crippen molar-refractivity contribution < 1.29 is 4.79 Å². The van der Waals surface area contributed by atoms with Crippen LogP contribution in [0.4, 0.5) is 5.69 Å². The molecule has 0 saturated carbocycles. The molecule has 0 fully saturated rings. The van der Waals surface area contributed by atoms with Gasteiger partial charge < -0.3 is 5.32 Å². The Morgan fingerprint density at radius 3 is 2.91 bits per heavy atom. The highest BCUT2D eigenvalue weighted by Crippen LogP contribution is 2.26. The van der Waals surface area contributed by atoms with Gasteiger partial charge in [0.2, 0.25) is 11.1 Å². The Morgan fingerprint density at radius 2 is 2.17 bits per heavy atom. The van der Waals surface area contributed by atoms with Gasteiger partial charge in [-0.3, -0.25) is 9.89 Å². The highest BCUT2D eigenvalue weighted by atomic mass is 35.5. The lowest BCUT2D eigenvalue weighted by molar-refractivity contribution is -0.115. The molecule has 3 aromatic rings. The fraction of sp³-hybridized carbons (Fsp3) is 0.133. The number of aromatic amines is 1. The molecule has 1 atom stereocenters. The van der Waals surface area contributed by atoms with Crippen LogP contribution in [0.5, 0.6) is 0 Å². The van der Waals surface area contributed by atoms with Crippen LogP contribution in [0, 0.1) is 0 Å². The summed E-state index contributed by atoms with van der Waals surface area (Å²) in [5, 5.41) is 12.5. The van der Waals surface area contributed by atoms with Crippen LogP contribution in [0.25, 0.3) is 10.7 Å². The number of thioether (sulfide) groups is 1. The summed E-state index contributed by atoms with van der Waals surface area (Å²) in [6.07, 6.45) is 0. The van der Waals surface area contributed by atoms with Gasteiger partial charge in [0.15, 0.2) is 5.82 Å². The number of nitrogens with zero attached hydrogens (tertiary/aromatic N) is 2. The van der Waals surface area contributed by atoms with Crippen LogP contribution in [-0.2, 0) is 4.79 Å². The fourth-order valence-corrected chi connectivity index (χ4v) is 3.40. The standard InChI is InChI=1S/C15H13ClN4OS2/c1-9(14(21)17-11-6-3-2-5-10(11)16)23-15-18-13(19-20-15)12-7-4-8-22-12/h2-9H,1H3,(H,17,21)(H,18,19,20)/t9-/m0/s1. The Morgan fingerprint density at radius 1 is 1.35 bits per heavy atom. The number of aromatic nitrogens is 3. The molecule has 2 aromatic heterocycles. The number of carbonyl (C=O) groups is 1. The Bertz CT molecular complexity index is 803. The quantitative estimate of drug-likeness (QED) is 0.662. The zero-order valence-corrected chi connectivity index (χ0v) is 14.5. The fourth-order valence-electron chi connectivity index (χ4n) is 1.83. The Kier molecular flexibility index (Phi) is 5.00. The van der Waals surface area contributed by atoms with Gasteiger partial charge in [0.25, 0.3) is 0 Å². The van der Waals surface area contributed by atoms with Gasteiger partial charge in [-0.05, 0) is 30.5 Å². The monoisotopic (exact) mass is 364 g/mol. The van der Waals surface area contributed by atoms with Crippen molar-refractivity contribution in [1.82, 2.24) is 15.2 Å². The molecule has 118 valence electrons. The van der Waals surface area contributed by atoms with E-state index in [0.717, 1.165) is 4.88 Å². The van der Waals surface area contributed by atoms with Crippen LogP contribution in [0.3, 0.4) is 0 Å². The summed E-state index contributed by atoms with van der Waals surface area (Å²) in [7, 11) is 0. The third kappa shape index (κ3) is 3.93. The second-order valence-electron chi connectivity index (χ2n) is 4.67. The average molecular weight is 365 g/mol. The molecule has 0 radical (unpaired) electrons. The molecule has 0 aliphatic heterocycles. The Balaban J connectivity index is 1.64. The van der Waals surface area contributed by atoms with Crippen molar-refractivity contribution in [2.45, 2.75) is 17.3 Å². The van der Waals surface area contributed by atoms with E-state index < -0.39 is 0 Å². The van der Waals surface area contributed by atoms with Crippen molar-refractivity contribution in [2.75, 3.05) is 5.32 Å². The maximum atomic E-state index is 12.3. The number of nitrogens with one attached hydrogen (secondary N) is 2. The van der Waals surface area contributed by atoms with Crippen LogP contribution in [0.15, 0.2) is 46.9 Å². The highest BCUT2D eigenvalue weighted by molar-refractivity contribution is 8.00. The molecule has 0 saturated heterocycles. The van der Waals surface area contributed by atoms with E-state index in [2.05, 4.69) is 20.5 Å². The van der Waals surface area contributed by atoms with Crippen molar-refractivity contribution in [3.8, 4) is 10.7 Å². The van der Waals surface area contributed by atoms with E-state index in [-0.39, 0.29) is 11.2 Å². The van der Waals surface area contributed by atoms with Gasteiger partial charge in [-0.1, -0.05) is 41.6 Å². The summed E-state index contributed by atoms with van der Waals surface area (Å²) in [5.74, 6) is 0.562. The predicted molar refractivity (Wildman–Crippen MR) is 95.1 cm³/mol. The van der Waals surface area contributed by atoms with Gasteiger partial charge in [-0.25, -0.2) is 4.98 Å². The van der Waals surface area contributed by atoms with Crippen molar-refractivity contribution in [3.05, 3.63) is 46.8 Å². The van der Waals surface area contributed by atoms with E-state index in [1.165, 1.54) is 11.8 Å². The second-order valence-corrected chi connectivity index (χ2v) is 7.34. The molecule has 23 heavy (non-hydrogen) atoms. The van der Waals surface area contributed by atoms with Crippen LogP contribution in [0.2, 0.25) is 5.02 Å². The molecule has 0 bridgehead atoms. The number of amides is 1. The van der Waals surface area contributed by atoms with Crippen molar-refractivity contribution in [3.63, 3.8) is 0 Å². The maximum absolute atomic E-state index is 12.3. The van der Waals surface area contributed by atoms with Crippen molar-refractivity contribution in [1.29, 1.82) is 0 Å². The molecule has 1 aromatic carbocycles. The van der Waals surface area contributed by atoms with Gasteiger partial charge in [-0.15, -0.1) is 16.4 Å². The number of hydrogen-bond acceptors (Lipinski definition) is 5. The zero-order valence-electron chi connectivity index (χ0n) is 12.1. The van der Waals surface area contributed by atoms with Gasteiger partial charge in [0.05, 0.1) is 20.8 Å². The van der Waals surface area contributed by atoms with Gasteiger partial charge in [0, 0.05) is 0 Å². The first kappa shape index (κ1) is 16.0. The third-order valence-electron chi connectivity index (χ3n) is 3.00. The number of rotatable bonds is 5. The molecule has 0 spiro atoms. The normalized spacial score (nSPS) is 12.1. The molecule has 3 rings (SSSR count). The number of anilines is 1. The Hall–Kier alpha value is -1.83. The number of thiophene rings is 1. The van der Waals surface area contributed by atoms with E-state index in [1.807, 2.05) is 29.6 Å². The van der Waals surface area contributed by atoms with E-state index >= 15 is 0 Å². The van der Waals surface area contributed by atoms with Crippen LogP contribution in [-0.4, -0.2) is 26.3 Å². The lowest BCUT2D eigenvalue weighted by Crippen LogP contribution is -2.22. The van der Waals surface area contributed by atoms with Crippen LogP contribution < -0.4 is 5.32 Å². The predicted octanol–water partition coefficient (Wildman–Crippen LogP) is 4.31. The first-order chi connectivity index (χ1) is 11.1. The number of para-hydroxylation sites is 1. The summed E-state index contributed by atoms with van der Waals surface area (Å²) < 4.78 is 0. The molecular weight excluding hydrogens is 352 g/mol. The summed E-state index contributed by atoms with van der Waals surface area (Å²) in [5.41, 5.74) is 0.598. The smallest absolute Gasteiger partial charge is 0.237 e. The lowest BCUT2D eigenvalue weighted by atomic mass is 10.3. The summed E-state index contributed by atoms with van der Waals surface area (Å²) in [4.78, 5) is 17.7. The first-order valence-corrected chi connectivity index (χ1v) is 8.95. The molecule has 5 nitrogen and oxygen atoms in total. The minimum Gasteiger partial charge on any atom is -0.324 e. The second kappa shape index (κ2) is 7.16. The average Bonchev–Trinajstić information content (AvgIpc) is 3.20. The summed E-state index contributed by atoms with van der Waals surface area (Å²) in [6, 6.07) is 11.1. The summed E-state index contributed by atoms with van der Waals surface area (Å²) in [6.45, 7) is 1.80. The van der Waals surface area contributed by atoms with Gasteiger partial charge >= 0.3 is 0 Å². The minimum absolute atomic E-state index is 0.148. The summed E-state index contributed by atoms with van der Waals surface area (Å²) >= 11 is 8.92. The first-order valence-electron chi connectivity index (χ1n) is 6.82. The number of carbonyl (C=O) groups excluding carboxylic acids is 1. The number of H-pyrrole nitrogens is 1. The zero-order chi connectivity index (χ0) is 16.2. The lowest BCUT2D eigenvalue weighted by Gasteiger charge is -2.11. The molecule has 0 aliphatic rings. The molecule has 2 heterocycles. The highest BCUT2D eigenvalue weighted by Gasteiger charge is 2.18. The van der Waals surface area contributed by atoms with Gasteiger partial charge in [-0.2, -0.15) is 0 Å². The van der Waals surface area contributed by atoms with Crippen molar-refractivity contribution >= 4 is 46.3 Å².